The van der Waals surface area contributed by atoms with Crippen molar-refractivity contribution in [3.8, 4) is 0 Å². The first-order chi connectivity index (χ1) is 11.2. The zero-order chi connectivity index (χ0) is 15.8. The number of nitrogens with zero attached hydrogens (tertiary/aromatic N) is 1. The van der Waals surface area contributed by atoms with Gasteiger partial charge in [-0.1, -0.05) is 24.3 Å². The Morgan fingerprint density at radius 1 is 0.783 bits per heavy atom. The van der Waals surface area contributed by atoms with E-state index in [0.29, 0.717) is 12.1 Å². The number of fused-ring (bicyclic) bond motifs is 2. The molecule has 2 fully saturated rings. The van der Waals surface area contributed by atoms with E-state index in [1.165, 1.54) is 37.1 Å². The smallest absolute Gasteiger partial charge is 0.123 e. The molecule has 2 bridgehead atoms. The summed E-state index contributed by atoms with van der Waals surface area (Å²) >= 11 is 0. The van der Waals surface area contributed by atoms with E-state index in [9.17, 15) is 8.78 Å². The fourth-order valence-electron chi connectivity index (χ4n) is 4.06. The predicted molar refractivity (Wildman–Crippen MR) is 86.2 cm³/mol. The highest BCUT2D eigenvalue weighted by Crippen LogP contribution is 2.39. The van der Waals surface area contributed by atoms with E-state index in [4.69, 9.17) is 0 Å². The molecule has 0 saturated carbocycles. The molecule has 2 aromatic carbocycles. The number of rotatable bonds is 3. The number of piperazine rings is 1. The van der Waals surface area contributed by atoms with Gasteiger partial charge in [0.2, 0.25) is 0 Å². The van der Waals surface area contributed by atoms with E-state index in [0.717, 1.165) is 24.2 Å². The third-order valence-corrected chi connectivity index (χ3v) is 5.11. The van der Waals surface area contributed by atoms with Gasteiger partial charge in [0.05, 0.1) is 6.04 Å². The first kappa shape index (κ1) is 14.8. The molecule has 23 heavy (non-hydrogen) atoms. The number of nitrogens with one attached hydrogen (secondary N) is 1. The molecule has 2 aliphatic heterocycles. The van der Waals surface area contributed by atoms with Crippen molar-refractivity contribution >= 4 is 0 Å². The first-order valence-corrected chi connectivity index (χ1v) is 8.21. The molecular formula is C19H20F2N2. The van der Waals surface area contributed by atoms with Gasteiger partial charge in [-0.3, -0.25) is 4.90 Å². The molecule has 4 heteroatoms. The van der Waals surface area contributed by atoms with Crippen LogP contribution in [0.2, 0.25) is 0 Å². The van der Waals surface area contributed by atoms with Gasteiger partial charge in [0.25, 0.3) is 0 Å². The topological polar surface area (TPSA) is 15.3 Å². The Balaban J connectivity index is 1.77. The maximum absolute atomic E-state index is 13.3. The van der Waals surface area contributed by atoms with Gasteiger partial charge >= 0.3 is 0 Å². The second-order valence-corrected chi connectivity index (χ2v) is 6.50. The lowest BCUT2D eigenvalue weighted by molar-refractivity contribution is 0.117. The molecule has 0 radical (unpaired) electrons. The molecule has 2 saturated heterocycles. The Kier molecular flexibility index (Phi) is 3.87. The molecular weight excluding hydrogens is 294 g/mol. The minimum atomic E-state index is -0.227. The number of hydrogen-bond acceptors (Lipinski definition) is 2. The molecule has 0 spiro atoms. The van der Waals surface area contributed by atoms with Gasteiger partial charge in [-0.2, -0.15) is 0 Å². The van der Waals surface area contributed by atoms with Crippen molar-refractivity contribution in [3.05, 3.63) is 71.3 Å². The Labute approximate surface area is 135 Å². The average molecular weight is 314 g/mol. The third kappa shape index (κ3) is 2.77. The normalized spacial score (nSPS) is 24.3. The quantitative estimate of drug-likeness (QED) is 0.933. The summed E-state index contributed by atoms with van der Waals surface area (Å²) in [4.78, 5) is 2.54. The second kappa shape index (κ2) is 6.02. The van der Waals surface area contributed by atoms with E-state index in [-0.39, 0.29) is 17.7 Å². The Morgan fingerprint density at radius 2 is 1.22 bits per heavy atom. The molecule has 4 rings (SSSR count). The van der Waals surface area contributed by atoms with Crippen LogP contribution < -0.4 is 5.32 Å². The Hall–Kier alpha value is -1.78. The van der Waals surface area contributed by atoms with Crippen LogP contribution in [0.5, 0.6) is 0 Å². The van der Waals surface area contributed by atoms with Crippen LogP contribution in [0.1, 0.15) is 30.0 Å². The fourth-order valence-corrected chi connectivity index (χ4v) is 4.06. The van der Waals surface area contributed by atoms with E-state index >= 15 is 0 Å². The number of hydrogen-bond donors (Lipinski definition) is 1. The minimum absolute atomic E-state index is 0.0517. The lowest BCUT2D eigenvalue weighted by Crippen LogP contribution is -2.53. The van der Waals surface area contributed by atoms with Crippen LogP contribution in [0.15, 0.2) is 48.5 Å². The summed E-state index contributed by atoms with van der Waals surface area (Å²) in [6.45, 7) is 1.96. The van der Waals surface area contributed by atoms with Crippen LogP contribution >= 0.6 is 0 Å². The summed E-state index contributed by atoms with van der Waals surface area (Å²) in [7, 11) is 0. The summed E-state index contributed by atoms with van der Waals surface area (Å²) < 4.78 is 26.7. The van der Waals surface area contributed by atoms with Gasteiger partial charge in [0.15, 0.2) is 0 Å². The molecule has 2 nitrogen and oxygen atoms in total. The van der Waals surface area contributed by atoms with Gasteiger partial charge in [-0.25, -0.2) is 8.78 Å². The molecule has 2 heterocycles. The van der Waals surface area contributed by atoms with Gasteiger partial charge in [-0.05, 0) is 48.2 Å². The monoisotopic (exact) mass is 314 g/mol. The van der Waals surface area contributed by atoms with E-state index < -0.39 is 0 Å². The van der Waals surface area contributed by atoms with Crippen molar-refractivity contribution in [2.45, 2.75) is 31.0 Å². The SMILES string of the molecule is Fc1ccc(C(c2ccc(F)cc2)N2[C@@H]3CC[C@H]2CNC3)cc1. The Morgan fingerprint density at radius 3 is 1.65 bits per heavy atom. The molecule has 0 aromatic heterocycles. The molecule has 2 aromatic rings. The van der Waals surface area contributed by atoms with Crippen molar-refractivity contribution in [3.63, 3.8) is 0 Å². The van der Waals surface area contributed by atoms with Gasteiger partial charge < -0.3 is 5.32 Å². The van der Waals surface area contributed by atoms with E-state index in [1.54, 1.807) is 0 Å². The summed E-state index contributed by atoms with van der Waals surface area (Å²) in [5.74, 6) is -0.454. The molecule has 0 unspecified atom stereocenters. The molecule has 1 N–H and O–H groups in total. The number of halogens is 2. The first-order valence-electron chi connectivity index (χ1n) is 8.21. The van der Waals surface area contributed by atoms with Crippen molar-refractivity contribution in [2.75, 3.05) is 13.1 Å². The van der Waals surface area contributed by atoms with Crippen LogP contribution in [0.25, 0.3) is 0 Å². The molecule has 2 atom stereocenters. The molecule has 0 amide bonds. The summed E-state index contributed by atoms with van der Waals surface area (Å²) in [6.07, 6.45) is 2.35. The zero-order valence-corrected chi connectivity index (χ0v) is 12.9. The minimum Gasteiger partial charge on any atom is -0.314 e. The molecule has 120 valence electrons. The summed E-state index contributed by atoms with van der Waals surface area (Å²) in [5.41, 5.74) is 2.13. The highest BCUT2D eigenvalue weighted by atomic mass is 19.1. The van der Waals surface area contributed by atoms with Gasteiger partial charge in [0.1, 0.15) is 11.6 Å². The zero-order valence-electron chi connectivity index (χ0n) is 12.9. The largest absolute Gasteiger partial charge is 0.314 e. The highest BCUT2D eigenvalue weighted by Gasteiger charge is 2.41. The van der Waals surface area contributed by atoms with Crippen LogP contribution in [0.3, 0.4) is 0 Å². The maximum atomic E-state index is 13.3. The average Bonchev–Trinajstić information content (AvgIpc) is 2.80. The molecule has 2 aliphatic rings. The van der Waals surface area contributed by atoms with E-state index in [2.05, 4.69) is 10.2 Å². The second-order valence-electron chi connectivity index (χ2n) is 6.50. The lowest BCUT2D eigenvalue weighted by Gasteiger charge is -2.41. The van der Waals surface area contributed by atoms with Crippen molar-refractivity contribution < 1.29 is 8.78 Å². The van der Waals surface area contributed by atoms with E-state index in [1.807, 2.05) is 24.3 Å². The van der Waals surface area contributed by atoms with Crippen molar-refractivity contribution in [1.82, 2.24) is 10.2 Å². The standard InChI is InChI=1S/C19H20F2N2/c20-15-5-1-13(2-6-15)19(14-3-7-16(21)8-4-14)23-17-9-10-18(23)12-22-11-17/h1-8,17-19,22H,9-12H2/t17-,18+. The highest BCUT2D eigenvalue weighted by molar-refractivity contribution is 5.33. The van der Waals surface area contributed by atoms with Crippen LogP contribution in [-0.4, -0.2) is 30.1 Å². The lowest BCUT2D eigenvalue weighted by atomic mass is 9.94. The Bertz CT molecular complexity index is 607. The fraction of sp³-hybridized carbons (Fsp3) is 0.368. The van der Waals surface area contributed by atoms with Crippen molar-refractivity contribution in [1.29, 1.82) is 0 Å². The summed E-state index contributed by atoms with van der Waals surface area (Å²) in [6, 6.07) is 14.5. The van der Waals surface area contributed by atoms with Crippen LogP contribution in [0, 0.1) is 11.6 Å². The van der Waals surface area contributed by atoms with Crippen LogP contribution in [-0.2, 0) is 0 Å². The predicted octanol–water partition coefficient (Wildman–Crippen LogP) is 3.49. The molecule has 0 aliphatic carbocycles. The maximum Gasteiger partial charge on any atom is 0.123 e. The third-order valence-electron chi connectivity index (χ3n) is 5.11. The van der Waals surface area contributed by atoms with Gasteiger partial charge in [0, 0.05) is 25.2 Å². The summed E-state index contributed by atoms with van der Waals surface area (Å²) in [5, 5.41) is 3.49. The van der Waals surface area contributed by atoms with Crippen LogP contribution in [0.4, 0.5) is 8.78 Å². The number of benzene rings is 2. The van der Waals surface area contributed by atoms with Gasteiger partial charge in [-0.15, -0.1) is 0 Å². The van der Waals surface area contributed by atoms with Crippen molar-refractivity contribution in [2.24, 2.45) is 0 Å².